The average molecular weight is 281 g/mol. The molecule has 0 saturated heterocycles. The summed E-state index contributed by atoms with van der Waals surface area (Å²) < 4.78 is 37.7. The largest absolute Gasteiger partial charge is 0.416 e. The van der Waals surface area contributed by atoms with Crippen LogP contribution >= 0.6 is 23.2 Å². The van der Waals surface area contributed by atoms with Gasteiger partial charge in [0.25, 0.3) is 0 Å². The molecule has 1 aromatic carbocycles. The second-order valence-electron chi connectivity index (χ2n) is 3.41. The molecule has 0 bridgehead atoms. The van der Waals surface area contributed by atoms with Crippen molar-refractivity contribution in [1.82, 2.24) is 9.97 Å². The van der Waals surface area contributed by atoms with Crippen LogP contribution in [0.1, 0.15) is 11.4 Å². The first-order valence-electron chi connectivity index (χ1n) is 4.49. The lowest BCUT2D eigenvalue weighted by molar-refractivity contribution is -0.137. The maximum absolute atomic E-state index is 12.6. The van der Waals surface area contributed by atoms with E-state index in [0.717, 1.165) is 12.1 Å². The summed E-state index contributed by atoms with van der Waals surface area (Å²) in [5.41, 5.74) is -0.651. The van der Waals surface area contributed by atoms with Crippen LogP contribution in [0, 0.1) is 6.92 Å². The first-order chi connectivity index (χ1) is 7.79. The number of nitrogens with zero attached hydrogens (tertiary/aromatic N) is 2. The molecule has 1 heterocycles. The van der Waals surface area contributed by atoms with Crippen molar-refractivity contribution in [1.29, 1.82) is 0 Å². The van der Waals surface area contributed by atoms with E-state index >= 15 is 0 Å². The van der Waals surface area contributed by atoms with Gasteiger partial charge in [0.05, 0.1) is 16.1 Å². The zero-order valence-corrected chi connectivity index (χ0v) is 9.95. The van der Waals surface area contributed by atoms with Gasteiger partial charge in [-0.2, -0.15) is 13.2 Å². The van der Waals surface area contributed by atoms with Crippen molar-refractivity contribution in [2.45, 2.75) is 13.1 Å². The number of alkyl halides is 3. The molecule has 1 aromatic heterocycles. The molecule has 0 fully saturated rings. The zero-order chi connectivity index (χ0) is 12.8. The number of rotatable bonds is 0. The van der Waals surface area contributed by atoms with E-state index in [-0.39, 0.29) is 21.1 Å². The highest BCUT2D eigenvalue weighted by molar-refractivity contribution is 6.38. The lowest BCUT2D eigenvalue weighted by Gasteiger charge is -2.10. The molecule has 0 N–H and O–H groups in total. The summed E-state index contributed by atoms with van der Waals surface area (Å²) in [5.74, 6) is 0.351. The molecule has 0 aliphatic carbocycles. The minimum absolute atomic E-state index is 0.0412. The summed E-state index contributed by atoms with van der Waals surface area (Å²) in [4.78, 5) is 7.76. The summed E-state index contributed by atoms with van der Waals surface area (Å²) in [7, 11) is 0. The zero-order valence-electron chi connectivity index (χ0n) is 8.44. The van der Waals surface area contributed by atoms with Crippen LogP contribution in [0.3, 0.4) is 0 Å². The second kappa shape index (κ2) is 3.99. The monoisotopic (exact) mass is 280 g/mol. The number of aryl methyl sites for hydroxylation is 1. The Balaban J connectivity index is 2.83. The molecule has 0 unspecified atom stereocenters. The van der Waals surface area contributed by atoms with Gasteiger partial charge in [-0.15, -0.1) is 0 Å². The second-order valence-corrected chi connectivity index (χ2v) is 4.18. The maximum Gasteiger partial charge on any atom is 0.416 e. The number of hydrogen-bond acceptors (Lipinski definition) is 2. The van der Waals surface area contributed by atoms with Crippen molar-refractivity contribution in [2.24, 2.45) is 0 Å². The molecule has 2 nitrogen and oxygen atoms in total. The molecule has 0 aliphatic heterocycles. The molecular formula is C10H5Cl2F3N2. The Morgan fingerprint density at radius 1 is 1.12 bits per heavy atom. The van der Waals surface area contributed by atoms with Crippen molar-refractivity contribution in [3.05, 3.63) is 33.7 Å². The van der Waals surface area contributed by atoms with Crippen molar-refractivity contribution in [3.63, 3.8) is 0 Å². The van der Waals surface area contributed by atoms with Crippen LogP contribution in [0.4, 0.5) is 13.2 Å². The number of benzene rings is 1. The normalized spacial score (nSPS) is 12.1. The highest BCUT2D eigenvalue weighted by atomic mass is 35.5. The third-order valence-electron chi connectivity index (χ3n) is 2.15. The van der Waals surface area contributed by atoms with Gasteiger partial charge in [-0.3, -0.25) is 0 Å². The van der Waals surface area contributed by atoms with E-state index in [1.165, 1.54) is 0 Å². The fraction of sp³-hybridized carbons (Fsp3) is 0.200. The number of hydrogen-bond donors (Lipinski definition) is 0. The predicted molar refractivity (Wildman–Crippen MR) is 59.3 cm³/mol. The molecule has 0 amide bonds. The minimum atomic E-state index is -4.48. The maximum atomic E-state index is 12.6. The van der Waals surface area contributed by atoms with Gasteiger partial charge in [-0.05, 0) is 19.1 Å². The van der Waals surface area contributed by atoms with Gasteiger partial charge in [0.15, 0.2) is 0 Å². The number of halogens is 5. The lowest BCUT2D eigenvalue weighted by atomic mass is 10.1. The van der Waals surface area contributed by atoms with E-state index < -0.39 is 11.7 Å². The highest BCUT2D eigenvalue weighted by Crippen LogP contribution is 2.36. The number of fused-ring (bicyclic) bond motifs is 1. The van der Waals surface area contributed by atoms with Gasteiger partial charge in [0, 0.05) is 5.39 Å². The van der Waals surface area contributed by atoms with E-state index in [1.807, 2.05) is 0 Å². The first kappa shape index (κ1) is 12.4. The highest BCUT2D eigenvalue weighted by Gasteiger charge is 2.31. The van der Waals surface area contributed by atoms with Crippen molar-refractivity contribution < 1.29 is 13.2 Å². The molecular weight excluding hydrogens is 276 g/mol. The van der Waals surface area contributed by atoms with Crippen molar-refractivity contribution in [3.8, 4) is 0 Å². The Hall–Kier alpha value is -1.07. The molecule has 0 saturated carbocycles. The SMILES string of the molecule is Cc1nc(Cl)c2cc(C(F)(F)F)cc(Cl)c2n1. The van der Waals surface area contributed by atoms with Crippen LogP contribution < -0.4 is 0 Å². The molecule has 0 spiro atoms. The fourth-order valence-corrected chi connectivity index (χ4v) is 1.95. The number of aromatic nitrogens is 2. The van der Waals surface area contributed by atoms with Gasteiger partial charge < -0.3 is 0 Å². The smallest absolute Gasteiger partial charge is 0.232 e. The Kier molecular flexibility index (Phi) is 2.91. The molecule has 0 radical (unpaired) electrons. The Morgan fingerprint density at radius 3 is 2.35 bits per heavy atom. The van der Waals surface area contributed by atoms with Gasteiger partial charge in [0.1, 0.15) is 11.0 Å². The van der Waals surface area contributed by atoms with E-state index in [9.17, 15) is 13.2 Å². The molecule has 7 heteroatoms. The summed E-state index contributed by atoms with van der Waals surface area (Å²) in [5, 5.41) is -0.0418. The van der Waals surface area contributed by atoms with Crippen molar-refractivity contribution >= 4 is 34.1 Å². The molecule has 17 heavy (non-hydrogen) atoms. The Morgan fingerprint density at radius 2 is 1.76 bits per heavy atom. The third kappa shape index (κ3) is 2.30. The molecule has 0 atom stereocenters. The quantitative estimate of drug-likeness (QED) is 0.674. The van der Waals surface area contributed by atoms with E-state index in [0.29, 0.717) is 5.82 Å². The summed E-state index contributed by atoms with van der Waals surface area (Å²) in [6, 6.07) is 1.72. The standard InChI is InChI=1S/C10H5Cl2F3N2/c1-4-16-8-6(9(12)17-4)2-5(3-7(8)11)10(13,14)15/h2-3H,1H3. The van der Waals surface area contributed by atoms with Crippen LogP contribution in [-0.4, -0.2) is 9.97 Å². The van der Waals surface area contributed by atoms with Crippen LogP contribution in [0.2, 0.25) is 10.2 Å². The summed E-state index contributed by atoms with van der Waals surface area (Å²) >= 11 is 11.5. The third-order valence-corrected chi connectivity index (χ3v) is 2.72. The van der Waals surface area contributed by atoms with Crippen molar-refractivity contribution in [2.75, 3.05) is 0 Å². The minimum Gasteiger partial charge on any atom is -0.232 e. The average Bonchev–Trinajstić information content (AvgIpc) is 2.17. The Labute approximate surface area is 104 Å². The topological polar surface area (TPSA) is 25.8 Å². The first-order valence-corrected chi connectivity index (χ1v) is 5.25. The molecule has 0 aliphatic rings. The van der Waals surface area contributed by atoms with E-state index in [4.69, 9.17) is 23.2 Å². The van der Waals surface area contributed by atoms with Gasteiger partial charge >= 0.3 is 6.18 Å². The Bertz CT molecular complexity index is 596. The van der Waals surface area contributed by atoms with Crippen LogP contribution in [-0.2, 0) is 6.18 Å². The van der Waals surface area contributed by atoms with Crippen LogP contribution in [0.5, 0.6) is 0 Å². The molecule has 2 rings (SSSR count). The van der Waals surface area contributed by atoms with E-state index in [2.05, 4.69) is 9.97 Å². The predicted octanol–water partition coefficient (Wildman–Crippen LogP) is 4.26. The van der Waals surface area contributed by atoms with Crippen LogP contribution in [0.25, 0.3) is 10.9 Å². The fourth-order valence-electron chi connectivity index (χ4n) is 1.42. The van der Waals surface area contributed by atoms with E-state index in [1.54, 1.807) is 6.92 Å². The van der Waals surface area contributed by atoms with Crippen LogP contribution in [0.15, 0.2) is 12.1 Å². The summed E-state index contributed by atoms with van der Waals surface area (Å²) in [6.07, 6.45) is -4.48. The lowest BCUT2D eigenvalue weighted by Crippen LogP contribution is -2.05. The van der Waals surface area contributed by atoms with Gasteiger partial charge in [-0.1, -0.05) is 23.2 Å². The summed E-state index contributed by atoms with van der Waals surface area (Å²) in [6.45, 7) is 1.58. The van der Waals surface area contributed by atoms with Gasteiger partial charge in [-0.25, -0.2) is 9.97 Å². The molecule has 2 aromatic rings. The van der Waals surface area contributed by atoms with Gasteiger partial charge in [0.2, 0.25) is 0 Å². The molecule has 90 valence electrons.